The van der Waals surface area contributed by atoms with Crippen LogP contribution >= 0.6 is 0 Å². The normalized spacial score (nSPS) is 30.6. The summed E-state index contributed by atoms with van der Waals surface area (Å²) >= 11 is 0. The molecule has 0 spiro atoms. The Balaban J connectivity index is 1.66. The second-order valence-corrected chi connectivity index (χ2v) is 6.10. The maximum Gasteiger partial charge on any atom is 0.125 e. The first-order valence-electron chi connectivity index (χ1n) is 7.24. The van der Waals surface area contributed by atoms with Crippen LogP contribution in [0.1, 0.15) is 44.3 Å². The molecule has 2 aliphatic carbocycles. The highest BCUT2D eigenvalue weighted by molar-refractivity contribution is 5.35. The van der Waals surface area contributed by atoms with E-state index < -0.39 is 6.10 Å². The van der Waals surface area contributed by atoms with Crippen molar-refractivity contribution in [1.29, 1.82) is 0 Å². The summed E-state index contributed by atoms with van der Waals surface area (Å²) in [6.45, 7) is 2.34. The van der Waals surface area contributed by atoms with E-state index in [2.05, 4.69) is 0 Å². The lowest BCUT2D eigenvalue weighted by atomic mass is 9.89. The van der Waals surface area contributed by atoms with Gasteiger partial charge in [0, 0.05) is 5.56 Å². The number of rotatable bonds is 4. The van der Waals surface area contributed by atoms with Gasteiger partial charge in [0.1, 0.15) is 11.6 Å². The van der Waals surface area contributed by atoms with Gasteiger partial charge >= 0.3 is 0 Å². The Labute approximate surface area is 113 Å². The fourth-order valence-electron chi connectivity index (χ4n) is 3.75. The molecule has 2 saturated carbocycles. The van der Waals surface area contributed by atoms with E-state index >= 15 is 0 Å². The lowest BCUT2D eigenvalue weighted by Gasteiger charge is -2.23. The molecular formula is C16H21FO2. The second-order valence-electron chi connectivity index (χ2n) is 6.10. The van der Waals surface area contributed by atoms with Gasteiger partial charge in [-0.25, -0.2) is 4.39 Å². The standard InChI is InChI=1S/C16H21FO2/c1-10(18)15-8-14(17)4-5-16(15)19-9-13-7-11-2-3-12(13)6-11/h4-5,8,10-13,18H,2-3,6-7,9H2,1H3/t10-,11?,12?,13?/m0/s1. The molecule has 3 unspecified atom stereocenters. The smallest absolute Gasteiger partial charge is 0.125 e. The van der Waals surface area contributed by atoms with Crippen LogP contribution in [0.3, 0.4) is 0 Å². The minimum Gasteiger partial charge on any atom is -0.493 e. The van der Waals surface area contributed by atoms with Gasteiger partial charge in [0.15, 0.2) is 0 Å². The van der Waals surface area contributed by atoms with Crippen molar-refractivity contribution in [3.8, 4) is 5.75 Å². The van der Waals surface area contributed by atoms with Crippen molar-refractivity contribution in [2.45, 2.75) is 38.7 Å². The molecule has 1 aromatic carbocycles. The molecule has 19 heavy (non-hydrogen) atoms. The molecule has 0 amide bonds. The number of ether oxygens (including phenoxy) is 1. The highest BCUT2D eigenvalue weighted by Gasteiger charge is 2.39. The lowest BCUT2D eigenvalue weighted by molar-refractivity contribution is 0.172. The Bertz CT molecular complexity index is 458. The van der Waals surface area contributed by atoms with Gasteiger partial charge in [-0.3, -0.25) is 0 Å². The van der Waals surface area contributed by atoms with Gasteiger partial charge in [-0.05, 0) is 62.1 Å². The number of benzene rings is 1. The zero-order chi connectivity index (χ0) is 13.4. The van der Waals surface area contributed by atoms with E-state index in [1.165, 1.54) is 37.8 Å². The molecule has 0 heterocycles. The van der Waals surface area contributed by atoms with Crippen LogP contribution < -0.4 is 4.74 Å². The molecular weight excluding hydrogens is 243 g/mol. The van der Waals surface area contributed by atoms with Crippen LogP contribution in [0.2, 0.25) is 0 Å². The Morgan fingerprint density at radius 3 is 2.84 bits per heavy atom. The van der Waals surface area contributed by atoms with Crippen LogP contribution in [0.25, 0.3) is 0 Å². The van der Waals surface area contributed by atoms with Gasteiger partial charge in [0.2, 0.25) is 0 Å². The molecule has 4 atom stereocenters. The molecule has 0 saturated heterocycles. The third-order valence-corrected chi connectivity index (χ3v) is 4.76. The molecule has 3 rings (SSSR count). The number of aliphatic hydroxyl groups is 1. The number of hydrogen-bond donors (Lipinski definition) is 1. The molecule has 3 heteroatoms. The van der Waals surface area contributed by atoms with Crippen LogP contribution in [-0.2, 0) is 0 Å². The van der Waals surface area contributed by atoms with Crippen molar-refractivity contribution in [2.75, 3.05) is 6.61 Å². The Morgan fingerprint density at radius 1 is 1.37 bits per heavy atom. The van der Waals surface area contributed by atoms with E-state index in [0.29, 0.717) is 23.8 Å². The average Bonchev–Trinajstić information content (AvgIpc) is 2.99. The van der Waals surface area contributed by atoms with Crippen molar-refractivity contribution in [1.82, 2.24) is 0 Å². The van der Waals surface area contributed by atoms with E-state index in [4.69, 9.17) is 4.74 Å². The second kappa shape index (κ2) is 5.12. The fourth-order valence-corrected chi connectivity index (χ4v) is 3.75. The number of aliphatic hydroxyl groups excluding tert-OH is 1. The van der Waals surface area contributed by atoms with Crippen LogP contribution in [0, 0.1) is 23.6 Å². The van der Waals surface area contributed by atoms with Gasteiger partial charge in [0.05, 0.1) is 12.7 Å². The summed E-state index contributed by atoms with van der Waals surface area (Å²) < 4.78 is 19.1. The topological polar surface area (TPSA) is 29.5 Å². The maximum atomic E-state index is 13.2. The fraction of sp³-hybridized carbons (Fsp3) is 0.625. The van der Waals surface area contributed by atoms with Gasteiger partial charge in [-0.1, -0.05) is 6.42 Å². The molecule has 1 aromatic rings. The summed E-state index contributed by atoms with van der Waals surface area (Å²) in [4.78, 5) is 0. The van der Waals surface area contributed by atoms with E-state index in [1.807, 2.05) is 0 Å². The minimum atomic E-state index is -0.703. The van der Waals surface area contributed by atoms with Gasteiger partial charge < -0.3 is 9.84 Å². The van der Waals surface area contributed by atoms with Crippen molar-refractivity contribution in [2.24, 2.45) is 17.8 Å². The Hall–Kier alpha value is -1.09. The van der Waals surface area contributed by atoms with Gasteiger partial charge in [-0.15, -0.1) is 0 Å². The summed E-state index contributed by atoms with van der Waals surface area (Å²) in [6, 6.07) is 4.38. The van der Waals surface area contributed by atoms with Crippen molar-refractivity contribution in [3.05, 3.63) is 29.6 Å². The highest BCUT2D eigenvalue weighted by Crippen LogP contribution is 2.48. The number of halogens is 1. The number of fused-ring (bicyclic) bond motifs is 2. The largest absolute Gasteiger partial charge is 0.493 e. The summed E-state index contributed by atoms with van der Waals surface area (Å²) in [5.41, 5.74) is 0.545. The molecule has 2 aliphatic rings. The first kappa shape index (κ1) is 12.9. The third kappa shape index (κ3) is 2.62. The van der Waals surface area contributed by atoms with Crippen LogP contribution in [0.5, 0.6) is 5.75 Å². The number of hydrogen-bond acceptors (Lipinski definition) is 2. The lowest BCUT2D eigenvalue weighted by Crippen LogP contribution is -2.19. The molecule has 104 valence electrons. The van der Waals surface area contributed by atoms with E-state index in [9.17, 15) is 9.50 Å². The molecule has 2 nitrogen and oxygen atoms in total. The molecule has 2 fully saturated rings. The van der Waals surface area contributed by atoms with Crippen molar-refractivity contribution < 1.29 is 14.2 Å². The quantitative estimate of drug-likeness (QED) is 0.898. The predicted octanol–water partition coefficient (Wildman–Crippen LogP) is 3.69. The zero-order valence-corrected chi connectivity index (χ0v) is 11.3. The predicted molar refractivity (Wildman–Crippen MR) is 71.5 cm³/mol. The van der Waals surface area contributed by atoms with Crippen molar-refractivity contribution >= 4 is 0 Å². The van der Waals surface area contributed by atoms with E-state index in [1.54, 1.807) is 13.0 Å². The van der Waals surface area contributed by atoms with Crippen molar-refractivity contribution in [3.63, 3.8) is 0 Å². The van der Waals surface area contributed by atoms with E-state index in [0.717, 1.165) is 11.8 Å². The first-order chi connectivity index (χ1) is 9.13. The summed E-state index contributed by atoms with van der Waals surface area (Å²) in [6.07, 6.45) is 4.66. The summed E-state index contributed by atoms with van der Waals surface area (Å²) in [5.74, 6) is 2.66. The minimum absolute atomic E-state index is 0.330. The summed E-state index contributed by atoms with van der Waals surface area (Å²) in [7, 11) is 0. The Morgan fingerprint density at radius 2 is 2.21 bits per heavy atom. The molecule has 0 aliphatic heterocycles. The molecule has 0 radical (unpaired) electrons. The van der Waals surface area contributed by atoms with Crippen LogP contribution in [0.15, 0.2) is 18.2 Å². The third-order valence-electron chi connectivity index (χ3n) is 4.76. The maximum absolute atomic E-state index is 13.2. The van der Waals surface area contributed by atoms with Gasteiger partial charge in [-0.2, -0.15) is 0 Å². The summed E-state index contributed by atoms with van der Waals surface area (Å²) in [5, 5.41) is 9.68. The van der Waals surface area contributed by atoms with Crippen LogP contribution in [-0.4, -0.2) is 11.7 Å². The van der Waals surface area contributed by atoms with E-state index in [-0.39, 0.29) is 5.82 Å². The monoisotopic (exact) mass is 264 g/mol. The molecule has 0 aromatic heterocycles. The highest BCUT2D eigenvalue weighted by atomic mass is 19.1. The molecule has 1 N–H and O–H groups in total. The van der Waals surface area contributed by atoms with Gasteiger partial charge in [0.25, 0.3) is 0 Å². The SMILES string of the molecule is C[C@H](O)c1cc(F)ccc1OCC1CC2CCC1C2. The van der Waals surface area contributed by atoms with Crippen LogP contribution in [0.4, 0.5) is 4.39 Å². The molecule has 2 bridgehead atoms. The Kier molecular flexibility index (Phi) is 3.48. The first-order valence-corrected chi connectivity index (χ1v) is 7.24. The zero-order valence-electron chi connectivity index (χ0n) is 11.3. The average molecular weight is 264 g/mol.